The van der Waals surface area contributed by atoms with Gasteiger partial charge in [0.05, 0.1) is 28.1 Å². The van der Waals surface area contributed by atoms with Crippen molar-refractivity contribution in [1.82, 2.24) is 4.90 Å². The van der Waals surface area contributed by atoms with Gasteiger partial charge in [0.25, 0.3) is 0 Å². The number of cyclic esters (lactones) is 1. The normalized spacial score (nSPS) is 37.6. The van der Waals surface area contributed by atoms with E-state index in [0.717, 1.165) is 6.42 Å². The van der Waals surface area contributed by atoms with E-state index in [4.69, 9.17) is 9.47 Å². The van der Waals surface area contributed by atoms with Crippen molar-refractivity contribution >= 4 is 34.6 Å². The van der Waals surface area contributed by atoms with Crippen LogP contribution in [0.5, 0.6) is 0 Å². The van der Waals surface area contributed by atoms with Gasteiger partial charge < -0.3 is 9.47 Å². The molecule has 2 saturated heterocycles. The first kappa shape index (κ1) is 16.0. The molecule has 2 rings (SSSR count). The molecule has 0 aliphatic carbocycles. The lowest BCUT2D eigenvalue weighted by Gasteiger charge is -2.27. The number of hydrogen-bond acceptors (Lipinski definition) is 4. The second-order valence-electron chi connectivity index (χ2n) is 5.85. The van der Waals surface area contributed by atoms with E-state index in [1.165, 1.54) is 4.90 Å². The molecule has 0 aromatic heterocycles. The molecule has 2 aliphatic heterocycles. The van der Waals surface area contributed by atoms with E-state index in [-0.39, 0.29) is 39.9 Å². The van der Waals surface area contributed by atoms with Gasteiger partial charge in [-0.05, 0) is 19.3 Å². The molecule has 0 saturated carbocycles. The van der Waals surface area contributed by atoms with Gasteiger partial charge in [-0.15, -0.1) is 0 Å². The van der Waals surface area contributed by atoms with Crippen LogP contribution in [0.15, 0.2) is 0 Å². The van der Waals surface area contributed by atoms with E-state index in [9.17, 15) is 9.59 Å². The van der Waals surface area contributed by atoms with Crippen molar-refractivity contribution in [2.75, 3.05) is 6.61 Å². The molecule has 2 amide bonds. The lowest BCUT2D eigenvalue weighted by Crippen LogP contribution is -2.48. The van der Waals surface area contributed by atoms with Gasteiger partial charge >= 0.3 is 6.09 Å². The first-order chi connectivity index (χ1) is 9.38. The zero-order valence-corrected chi connectivity index (χ0v) is 14.5. The minimum Gasteiger partial charge on any atom is -0.447 e. The highest BCUT2D eigenvalue weighted by atomic mass is 127. The van der Waals surface area contributed by atoms with Crippen molar-refractivity contribution in [3.05, 3.63) is 0 Å². The maximum absolute atomic E-state index is 12.8. The molecule has 0 aromatic carbocycles. The zero-order valence-electron chi connectivity index (χ0n) is 12.3. The molecular weight excluding hydrogens is 373 g/mol. The number of carbonyl (C=O) groups is 2. The third-order valence-electron chi connectivity index (χ3n) is 4.18. The van der Waals surface area contributed by atoms with Crippen LogP contribution in [0.2, 0.25) is 0 Å². The predicted octanol–water partition coefficient (Wildman–Crippen LogP) is 2.61. The summed E-state index contributed by atoms with van der Waals surface area (Å²) < 4.78 is 11.0. The first-order valence-electron chi connectivity index (χ1n) is 7.17. The summed E-state index contributed by atoms with van der Waals surface area (Å²) in [6, 6.07) is -0.160. The number of alkyl halides is 1. The Labute approximate surface area is 133 Å². The minimum atomic E-state index is -0.508. The van der Waals surface area contributed by atoms with E-state index in [1.54, 1.807) is 0 Å². The van der Waals surface area contributed by atoms with Gasteiger partial charge in [0, 0.05) is 0 Å². The average Bonchev–Trinajstić information content (AvgIpc) is 2.91. The van der Waals surface area contributed by atoms with Crippen LogP contribution in [0.1, 0.15) is 34.1 Å². The Kier molecular flexibility index (Phi) is 4.94. The second kappa shape index (κ2) is 6.17. The Morgan fingerprint density at radius 3 is 2.70 bits per heavy atom. The lowest BCUT2D eigenvalue weighted by molar-refractivity contribution is -0.135. The Morgan fingerprint density at radius 2 is 2.15 bits per heavy atom. The van der Waals surface area contributed by atoms with Gasteiger partial charge in [0.2, 0.25) is 5.91 Å². The molecule has 0 aromatic rings. The minimum absolute atomic E-state index is 0.0330. The first-order valence-corrected chi connectivity index (χ1v) is 8.42. The number of imide groups is 1. The second-order valence-corrected chi connectivity index (χ2v) is 7.29. The molecule has 0 bridgehead atoms. The van der Waals surface area contributed by atoms with Crippen LogP contribution in [0, 0.1) is 11.8 Å². The summed E-state index contributed by atoms with van der Waals surface area (Å²) in [6.45, 7) is 8.29. The Hall–Kier alpha value is -0.370. The van der Waals surface area contributed by atoms with E-state index in [1.807, 2.05) is 27.7 Å². The predicted molar refractivity (Wildman–Crippen MR) is 82.7 cm³/mol. The number of carbonyl (C=O) groups excluding carboxylic acids is 2. The molecule has 0 N–H and O–H groups in total. The highest BCUT2D eigenvalue weighted by Gasteiger charge is 2.50. The third-order valence-corrected chi connectivity index (χ3v) is 5.97. The monoisotopic (exact) mass is 395 g/mol. The van der Waals surface area contributed by atoms with Crippen LogP contribution in [-0.2, 0) is 14.3 Å². The summed E-state index contributed by atoms with van der Waals surface area (Å²) in [4.78, 5) is 26.1. The van der Waals surface area contributed by atoms with Crippen molar-refractivity contribution in [2.45, 2.75) is 56.3 Å². The Balaban J connectivity index is 2.23. The molecule has 114 valence electrons. The van der Waals surface area contributed by atoms with E-state index < -0.39 is 6.09 Å². The summed E-state index contributed by atoms with van der Waals surface area (Å²) in [5.74, 6) is -0.206. The van der Waals surface area contributed by atoms with E-state index in [2.05, 4.69) is 22.6 Å². The molecular formula is C14H22INO4. The van der Waals surface area contributed by atoms with Crippen LogP contribution < -0.4 is 0 Å². The summed E-state index contributed by atoms with van der Waals surface area (Å²) >= 11 is 2.27. The fourth-order valence-corrected chi connectivity index (χ4v) is 3.86. The zero-order chi connectivity index (χ0) is 15.0. The number of nitrogens with zero attached hydrogens (tertiary/aromatic N) is 1. The van der Waals surface area contributed by atoms with Crippen molar-refractivity contribution in [2.24, 2.45) is 11.8 Å². The van der Waals surface area contributed by atoms with Gasteiger partial charge in [0.1, 0.15) is 6.61 Å². The molecule has 0 spiro atoms. The van der Waals surface area contributed by atoms with Crippen molar-refractivity contribution in [1.29, 1.82) is 0 Å². The fraction of sp³-hybridized carbons (Fsp3) is 0.857. The van der Waals surface area contributed by atoms with E-state index in [0.29, 0.717) is 6.61 Å². The van der Waals surface area contributed by atoms with E-state index >= 15 is 0 Å². The molecule has 2 aliphatic rings. The largest absolute Gasteiger partial charge is 0.447 e. The highest BCUT2D eigenvalue weighted by Crippen LogP contribution is 2.37. The molecule has 6 heteroatoms. The topological polar surface area (TPSA) is 55.8 Å². The number of hydrogen-bond donors (Lipinski definition) is 0. The lowest BCUT2D eigenvalue weighted by atomic mass is 9.94. The standard InChI is InChI=1S/C14H22INO4/c1-5-10-11(12(15)8(4)20-10)13(17)16-9(7(2)3)6-19-14(16)18/h7-12H,5-6H2,1-4H3/t8-,9-,10-,11-,12-/m1/s1. The van der Waals surface area contributed by atoms with Crippen molar-refractivity contribution < 1.29 is 19.1 Å². The van der Waals surface area contributed by atoms with Crippen molar-refractivity contribution in [3.63, 3.8) is 0 Å². The summed E-state index contributed by atoms with van der Waals surface area (Å²) in [5.41, 5.74) is 0. The average molecular weight is 395 g/mol. The fourth-order valence-electron chi connectivity index (χ4n) is 2.92. The smallest absolute Gasteiger partial charge is 0.416 e. The maximum Gasteiger partial charge on any atom is 0.416 e. The van der Waals surface area contributed by atoms with Gasteiger partial charge in [-0.2, -0.15) is 0 Å². The highest BCUT2D eigenvalue weighted by molar-refractivity contribution is 14.1. The quantitative estimate of drug-likeness (QED) is 0.545. The Bertz CT molecular complexity index is 401. The third kappa shape index (κ3) is 2.68. The molecule has 20 heavy (non-hydrogen) atoms. The molecule has 2 fully saturated rings. The van der Waals surface area contributed by atoms with Crippen LogP contribution in [0.4, 0.5) is 4.79 Å². The Morgan fingerprint density at radius 1 is 1.50 bits per heavy atom. The van der Waals surface area contributed by atoms with Gasteiger partial charge in [0.15, 0.2) is 0 Å². The molecule has 2 heterocycles. The van der Waals surface area contributed by atoms with Gasteiger partial charge in [-0.25, -0.2) is 9.69 Å². The number of ether oxygens (including phenoxy) is 2. The van der Waals surface area contributed by atoms with Crippen molar-refractivity contribution in [3.8, 4) is 0 Å². The number of rotatable bonds is 3. The number of halogens is 1. The van der Waals surface area contributed by atoms with Crippen LogP contribution in [-0.4, -0.2) is 45.7 Å². The molecule has 5 nitrogen and oxygen atoms in total. The molecule has 0 unspecified atom stereocenters. The van der Waals surface area contributed by atoms with Crippen LogP contribution in [0.3, 0.4) is 0 Å². The molecule has 0 radical (unpaired) electrons. The summed E-state index contributed by atoms with van der Waals surface area (Å²) in [7, 11) is 0. The summed E-state index contributed by atoms with van der Waals surface area (Å²) in [5, 5.41) is 0. The molecule has 5 atom stereocenters. The number of amides is 2. The maximum atomic E-state index is 12.8. The van der Waals surface area contributed by atoms with Crippen LogP contribution in [0.25, 0.3) is 0 Å². The SMILES string of the molecule is CC[C@H]1O[C@H](C)[C@@H](I)[C@@H]1C(=O)N1C(=O)OC[C@@H]1C(C)C. The van der Waals surface area contributed by atoms with Gasteiger partial charge in [-0.1, -0.05) is 43.4 Å². The van der Waals surface area contributed by atoms with Crippen LogP contribution >= 0.6 is 22.6 Å². The summed E-state index contributed by atoms with van der Waals surface area (Å²) in [6.07, 6.45) is 0.188. The van der Waals surface area contributed by atoms with Gasteiger partial charge in [-0.3, -0.25) is 4.79 Å².